The fraction of sp³-hybridized carbons (Fsp3) is 0.769. The number of esters is 3. The zero-order valence-corrected chi connectivity index (χ0v) is 15.4. The van der Waals surface area contributed by atoms with Gasteiger partial charge in [0, 0.05) is 20.8 Å². The summed E-state index contributed by atoms with van der Waals surface area (Å²) >= 11 is 0. The van der Waals surface area contributed by atoms with Crippen molar-refractivity contribution in [2.24, 2.45) is 0 Å². The Morgan fingerprint density at radius 2 is 1.52 bits per heavy atom. The Labute approximate surface area is 151 Å². The van der Waals surface area contributed by atoms with Crippen molar-refractivity contribution >= 4 is 17.9 Å². The molecule has 0 aliphatic carbocycles. The number of carbonyl (C=O) groups is 3. The van der Waals surface area contributed by atoms with Gasteiger partial charge in [-0.05, 0) is 0 Å². The van der Waals surface area contributed by atoms with Crippen LogP contribution in [0.3, 0.4) is 0 Å². The Balaban J connectivity index is 0.00000484. The Bertz CT molecular complexity index is 419. The molecule has 0 unspecified atom stereocenters. The molecule has 9 nitrogen and oxygen atoms in total. The average molecular weight is 447 g/mol. The fourth-order valence-electron chi connectivity index (χ4n) is 2.05. The van der Waals surface area contributed by atoms with Gasteiger partial charge in [-0.2, -0.15) is 0 Å². The first-order valence-corrected chi connectivity index (χ1v) is 6.89. The second-order valence-corrected chi connectivity index (χ2v) is 4.72. The van der Waals surface area contributed by atoms with Crippen LogP contribution in [0.15, 0.2) is 0 Å². The van der Waals surface area contributed by atoms with Crippen LogP contribution in [0.25, 0.3) is 0 Å². The van der Waals surface area contributed by atoms with Gasteiger partial charge in [0.1, 0.15) is 0 Å². The summed E-state index contributed by atoms with van der Waals surface area (Å²) < 4.78 is 26.2. The summed E-state index contributed by atoms with van der Waals surface area (Å²) in [7, 11) is 0. The third-order valence-corrected chi connectivity index (χ3v) is 2.73. The second kappa shape index (κ2) is 10.7. The van der Waals surface area contributed by atoms with Crippen LogP contribution in [0, 0.1) is 0 Å². The molecule has 0 saturated carbocycles. The molecule has 134 valence electrons. The fourth-order valence-corrected chi connectivity index (χ4v) is 2.05. The molecular formula is C13H22INO8. The van der Waals surface area contributed by atoms with E-state index in [1.807, 2.05) is 0 Å². The maximum atomic E-state index is 11.3. The van der Waals surface area contributed by atoms with E-state index >= 15 is 0 Å². The molecule has 0 aromatic carbocycles. The molecule has 0 aromatic heterocycles. The first-order chi connectivity index (χ1) is 10.3. The third kappa shape index (κ3) is 7.42. The first-order valence-electron chi connectivity index (χ1n) is 6.89. The predicted octanol–water partition coefficient (Wildman–Crippen LogP) is -4.60. The molecule has 0 aromatic rings. The molecule has 1 heterocycles. The van der Waals surface area contributed by atoms with Gasteiger partial charge in [0.05, 0.1) is 19.8 Å². The lowest BCUT2D eigenvalue weighted by molar-refractivity contribution is -0.383. The first kappa shape index (κ1) is 22.0. The van der Waals surface area contributed by atoms with Gasteiger partial charge in [0.2, 0.25) is 0 Å². The van der Waals surface area contributed by atoms with E-state index in [2.05, 4.69) is 5.73 Å². The molecule has 1 aliphatic rings. The quantitative estimate of drug-likeness (QED) is 0.245. The summed E-state index contributed by atoms with van der Waals surface area (Å²) in [6, 6.07) is 0. The van der Waals surface area contributed by atoms with Crippen LogP contribution in [0.4, 0.5) is 0 Å². The largest absolute Gasteiger partial charge is 1.00 e. The van der Waals surface area contributed by atoms with Crippen LogP contribution >= 0.6 is 0 Å². The van der Waals surface area contributed by atoms with Gasteiger partial charge in [0.15, 0.2) is 24.6 Å². The van der Waals surface area contributed by atoms with E-state index in [0.29, 0.717) is 6.54 Å². The highest BCUT2D eigenvalue weighted by Gasteiger charge is 2.47. The number of ether oxygens (including phenoxy) is 5. The third-order valence-electron chi connectivity index (χ3n) is 2.73. The van der Waals surface area contributed by atoms with E-state index in [-0.39, 0.29) is 37.2 Å². The lowest BCUT2D eigenvalue weighted by Crippen LogP contribution is -3.00. The van der Waals surface area contributed by atoms with Crippen LogP contribution in [-0.4, -0.2) is 62.3 Å². The molecule has 4 atom stereocenters. The molecule has 0 bridgehead atoms. The smallest absolute Gasteiger partial charge is 0.303 e. The number of rotatable bonds is 6. The van der Waals surface area contributed by atoms with E-state index < -0.39 is 42.5 Å². The Morgan fingerprint density at radius 1 is 1.00 bits per heavy atom. The van der Waals surface area contributed by atoms with Crippen LogP contribution < -0.4 is 29.7 Å². The lowest BCUT2D eigenvalue weighted by atomic mass is 10.0. The summed E-state index contributed by atoms with van der Waals surface area (Å²) in [4.78, 5) is 33.8. The molecule has 0 radical (unpaired) electrons. The topological polar surface area (TPSA) is 125 Å². The van der Waals surface area contributed by atoms with Crippen molar-refractivity contribution in [1.82, 2.24) is 0 Å². The Hall–Kier alpha value is -0.980. The Kier molecular flexibility index (Phi) is 10.3. The van der Waals surface area contributed by atoms with E-state index in [1.54, 1.807) is 0 Å². The van der Waals surface area contributed by atoms with Crippen molar-refractivity contribution in [3.05, 3.63) is 0 Å². The van der Waals surface area contributed by atoms with Gasteiger partial charge in [-0.25, -0.2) is 0 Å². The van der Waals surface area contributed by atoms with Crippen LogP contribution in [0.2, 0.25) is 0 Å². The highest BCUT2D eigenvalue weighted by atomic mass is 127. The number of hydrogen-bond donors (Lipinski definition) is 1. The summed E-state index contributed by atoms with van der Waals surface area (Å²) in [5.41, 5.74) is 3.63. The molecule has 0 spiro atoms. The van der Waals surface area contributed by atoms with Gasteiger partial charge in [-0.15, -0.1) is 0 Å². The molecule has 3 N–H and O–H groups in total. The summed E-state index contributed by atoms with van der Waals surface area (Å²) in [6.07, 6.45) is -3.85. The van der Waals surface area contributed by atoms with Crippen molar-refractivity contribution in [3.63, 3.8) is 0 Å². The van der Waals surface area contributed by atoms with Crippen molar-refractivity contribution < 1.29 is 67.8 Å². The molecule has 1 saturated heterocycles. The number of quaternary nitrogens is 1. The highest BCUT2D eigenvalue weighted by molar-refractivity contribution is 5.68. The summed E-state index contributed by atoms with van der Waals surface area (Å²) in [5, 5.41) is 0. The maximum Gasteiger partial charge on any atom is 0.303 e. The maximum absolute atomic E-state index is 11.3. The van der Waals surface area contributed by atoms with Crippen molar-refractivity contribution in [3.8, 4) is 0 Å². The van der Waals surface area contributed by atoms with Crippen molar-refractivity contribution in [1.29, 1.82) is 0 Å². The summed E-state index contributed by atoms with van der Waals surface area (Å²) in [6.45, 7) is 4.34. The average Bonchev–Trinajstić information content (AvgIpc) is 2.40. The van der Waals surface area contributed by atoms with E-state index in [9.17, 15) is 14.4 Å². The zero-order chi connectivity index (χ0) is 16.7. The van der Waals surface area contributed by atoms with Gasteiger partial charge in [-0.3, -0.25) is 14.4 Å². The van der Waals surface area contributed by atoms with Gasteiger partial charge in [0.25, 0.3) is 0 Å². The zero-order valence-electron chi connectivity index (χ0n) is 13.3. The highest BCUT2D eigenvalue weighted by Crippen LogP contribution is 2.25. The number of carbonyl (C=O) groups excluding carboxylic acids is 3. The normalized spacial score (nSPS) is 26.6. The second-order valence-electron chi connectivity index (χ2n) is 4.72. The molecule has 1 aliphatic heterocycles. The molecule has 10 heteroatoms. The van der Waals surface area contributed by atoms with E-state index in [1.165, 1.54) is 20.8 Å². The Morgan fingerprint density at radius 3 is 2.00 bits per heavy atom. The molecule has 23 heavy (non-hydrogen) atoms. The number of halogens is 1. The lowest BCUT2D eigenvalue weighted by Gasteiger charge is -2.39. The molecule has 1 fully saturated rings. The number of hydrogen-bond acceptors (Lipinski definition) is 8. The standard InChI is InChI=1S/C13H21NO8.HI/c1-7(15)20-10-6-19-13(18-5-4-14)12(22-9(3)17)11(10)21-8(2)16;/h10-13H,4-6,14H2,1-3H3;1H/t10-,11+,12-,13-;/m1./s1. The predicted molar refractivity (Wildman–Crippen MR) is 70.1 cm³/mol. The van der Waals surface area contributed by atoms with Gasteiger partial charge >= 0.3 is 17.9 Å². The minimum atomic E-state index is -1.04. The summed E-state index contributed by atoms with van der Waals surface area (Å²) in [5.74, 6) is -1.76. The van der Waals surface area contributed by atoms with Gasteiger partial charge < -0.3 is 53.4 Å². The van der Waals surface area contributed by atoms with Gasteiger partial charge in [-0.1, -0.05) is 0 Å². The van der Waals surface area contributed by atoms with E-state index in [0.717, 1.165) is 0 Å². The minimum absolute atomic E-state index is 0. The van der Waals surface area contributed by atoms with Crippen molar-refractivity contribution in [2.75, 3.05) is 19.8 Å². The van der Waals surface area contributed by atoms with Crippen molar-refractivity contribution in [2.45, 2.75) is 45.4 Å². The van der Waals surface area contributed by atoms with E-state index in [4.69, 9.17) is 23.7 Å². The molecule has 1 rings (SSSR count). The molecular weight excluding hydrogens is 425 g/mol. The molecule has 0 amide bonds. The van der Waals surface area contributed by atoms with Crippen LogP contribution in [-0.2, 0) is 38.1 Å². The van der Waals surface area contributed by atoms with Crippen LogP contribution in [0.1, 0.15) is 20.8 Å². The van der Waals surface area contributed by atoms with Crippen LogP contribution in [0.5, 0.6) is 0 Å². The minimum Gasteiger partial charge on any atom is -1.00 e. The monoisotopic (exact) mass is 447 g/mol. The SMILES string of the molecule is CC(=O)O[C@@H]1[C@@H](OC(C)=O)[C@H](OCC[NH3+])OC[C@H]1OC(C)=O.[I-].